The maximum absolute atomic E-state index is 13.2. The van der Waals surface area contributed by atoms with E-state index >= 15 is 0 Å². The van der Waals surface area contributed by atoms with Crippen LogP contribution in [0.2, 0.25) is 0 Å². The first-order valence-corrected chi connectivity index (χ1v) is 10.2. The Bertz CT molecular complexity index is 764. The van der Waals surface area contributed by atoms with Crippen molar-refractivity contribution in [1.82, 2.24) is 9.88 Å². The molecule has 1 aliphatic rings. The third-order valence-electron chi connectivity index (χ3n) is 5.06. The SMILES string of the molecule is COC(=O)C[C@H](C(=O)N1C[C@H](COc2cncc(Br)c2)C[C@H]1C(=O)O)C(C)(C)C. The van der Waals surface area contributed by atoms with Crippen LogP contribution in [-0.4, -0.2) is 59.1 Å². The molecule has 2 heterocycles. The molecule has 2 rings (SSSR count). The molecule has 0 unspecified atom stereocenters. The van der Waals surface area contributed by atoms with Crippen LogP contribution in [0.15, 0.2) is 22.9 Å². The summed E-state index contributed by atoms with van der Waals surface area (Å²) in [6, 6.07) is 0.824. The number of halogens is 1. The second kappa shape index (κ2) is 9.56. The van der Waals surface area contributed by atoms with Crippen LogP contribution < -0.4 is 4.74 Å². The molecule has 0 radical (unpaired) electrons. The molecular weight excluding hydrogens is 444 g/mol. The van der Waals surface area contributed by atoms with Crippen LogP contribution in [0.3, 0.4) is 0 Å². The molecule has 9 heteroatoms. The van der Waals surface area contributed by atoms with E-state index in [0.717, 1.165) is 4.47 Å². The molecular formula is C20H27BrN2O6. The predicted octanol–water partition coefficient (Wildman–Crippen LogP) is 2.75. The van der Waals surface area contributed by atoms with E-state index in [0.29, 0.717) is 5.75 Å². The smallest absolute Gasteiger partial charge is 0.326 e. The van der Waals surface area contributed by atoms with Crippen molar-refractivity contribution in [2.45, 2.75) is 39.7 Å². The minimum Gasteiger partial charge on any atom is -0.492 e. The molecule has 29 heavy (non-hydrogen) atoms. The van der Waals surface area contributed by atoms with Crippen molar-refractivity contribution in [3.63, 3.8) is 0 Å². The second-order valence-electron chi connectivity index (χ2n) is 8.30. The third kappa shape index (κ3) is 6.16. The third-order valence-corrected chi connectivity index (χ3v) is 5.50. The number of methoxy groups -OCH3 is 1. The van der Waals surface area contributed by atoms with Crippen LogP contribution in [0.1, 0.15) is 33.6 Å². The minimum absolute atomic E-state index is 0.0907. The Kier molecular flexibility index (Phi) is 7.62. The Morgan fingerprint density at radius 3 is 2.59 bits per heavy atom. The maximum Gasteiger partial charge on any atom is 0.326 e. The fraction of sp³-hybridized carbons (Fsp3) is 0.600. The summed E-state index contributed by atoms with van der Waals surface area (Å²) in [5.74, 6) is -2.15. The molecule has 1 saturated heterocycles. The van der Waals surface area contributed by atoms with Gasteiger partial charge in [0, 0.05) is 23.1 Å². The van der Waals surface area contributed by atoms with Crippen molar-refractivity contribution in [3.05, 3.63) is 22.9 Å². The van der Waals surface area contributed by atoms with Gasteiger partial charge in [-0.25, -0.2) is 4.79 Å². The van der Waals surface area contributed by atoms with E-state index in [2.05, 4.69) is 20.9 Å². The zero-order valence-electron chi connectivity index (χ0n) is 17.1. The van der Waals surface area contributed by atoms with Gasteiger partial charge in [0.15, 0.2) is 0 Å². The number of carbonyl (C=O) groups excluding carboxylic acids is 2. The van der Waals surface area contributed by atoms with Gasteiger partial charge in [-0.15, -0.1) is 0 Å². The number of ether oxygens (including phenoxy) is 2. The van der Waals surface area contributed by atoms with Gasteiger partial charge in [0.05, 0.1) is 32.3 Å². The number of amides is 1. The number of pyridine rings is 1. The van der Waals surface area contributed by atoms with Crippen LogP contribution >= 0.6 is 15.9 Å². The van der Waals surface area contributed by atoms with Gasteiger partial charge in [-0.05, 0) is 33.8 Å². The number of aliphatic carboxylic acids is 1. The molecule has 160 valence electrons. The van der Waals surface area contributed by atoms with Crippen LogP contribution in [0, 0.1) is 17.3 Å². The molecule has 1 aromatic rings. The zero-order chi connectivity index (χ0) is 21.8. The summed E-state index contributed by atoms with van der Waals surface area (Å²) in [6.07, 6.45) is 3.41. The monoisotopic (exact) mass is 470 g/mol. The van der Waals surface area contributed by atoms with Gasteiger partial charge < -0.3 is 19.5 Å². The lowest BCUT2D eigenvalue weighted by atomic mass is 9.77. The maximum atomic E-state index is 13.2. The second-order valence-corrected chi connectivity index (χ2v) is 9.21. The summed E-state index contributed by atoms with van der Waals surface area (Å²) in [5, 5.41) is 9.64. The van der Waals surface area contributed by atoms with Gasteiger partial charge in [-0.3, -0.25) is 14.6 Å². The van der Waals surface area contributed by atoms with Crippen molar-refractivity contribution < 1.29 is 29.0 Å². The van der Waals surface area contributed by atoms with Gasteiger partial charge in [-0.1, -0.05) is 20.8 Å². The summed E-state index contributed by atoms with van der Waals surface area (Å²) < 4.78 is 11.2. The van der Waals surface area contributed by atoms with E-state index in [1.54, 1.807) is 18.5 Å². The lowest BCUT2D eigenvalue weighted by Crippen LogP contribution is -2.47. The number of carboxylic acids is 1. The molecule has 1 aromatic heterocycles. The average molecular weight is 471 g/mol. The number of nitrogens with zero attached hydrogens (tertiary/aromatic N) is 2. The molecule has 0 saturated carbocycles. The Hall–Kier alpha value is -2.16. The van der Waals surface area contributed by atoms with E-state index in [1.165, 1.54) is 12.0 Å². The van der Waals surface area contributed by atoms with E-state index in [1.807, 2.05) is 20.8 Å². The van der Waals surface area contributed by atoms with Crippen LogP contribution in [-0.2, 0) is 19.1 Å². The van der Waals surface area contributed by atoms with E-state index in [-0.39, 0.29) is 37.8 Å². The highest BCUT2D eigenvalue weighted by Crippen LogP contribution is 2.34. The van der Waals surface area contributed by atoms with Crippen molar-refractivity contribution in [3.8, 4) is 5.75 Å². The van der Waals surface area contributed by atoms with Gasteiger partial charge in [0.25, 0.3) is 0 Å². The number of hydrogen-bond acceptors (Lipinski definition) is 6. The van der Waals surface area contributed by atoms with Gasteiger partial charge in [-0.2, -0.15) is 0 Å². The fourth-order valence-corrected chi connectivity index (χ4v) is 3.76. The first kappa shape index (κ1) is 23.1. The molecule has 3 atom stereocenters. The largest absolute Gasteiger partial charge is 0.492 e. The fourth-order valence-electron chi connectivity index (χ4n) is 3.42. The molecule has 1 amide bonds. The first-order chi connectivity index (χ1) is 13.5. The van der Waals surface area contributed by atoms with Crippen molar-refractivity contribution in [1.29, 1.82) is 0 Å². The van der Waals surface area contributed by atoms with Gasteiger partial charge in [0.2, 0.25) is 5.91 Å². The number of carbonyl (C=O) groups is 3. The Morgan fingerprint density at radius 1 is 1.34 bits per heavy atom. The Morgan fingerprint density at radius 2 is 2.03 bits per heavy atom. The summed E-state index contributed by atoms with van der Waals surface area (Å²) in [4.78, 5) is 42.2. The normalized spacial score (nSPS) is 20.2. The van der Waals surface area contributed by atoms with Crippen LogP contribution in [0.4, 0.5) is 0 Å². The zero-order valence-corrected chi connectivity index (χ0v) is 18.6. The quantitative estimate of drug-likeness (QED) is 0.610. The van der Waals surface area contributed by atoms with Gasteiger partial charge in [0.1, 0.15) is 11.8 Å². The number of rotatable bonds is 7. The van der Waals surface area contributed by atoms with Crippen molar-refractivity contribution in [2.75, 3.05) is 20.3 Å². The molecule has 1 aliphatic heterocycles. The van der Waals surface area contributed by atoms with E-state index in [9.17, 15) is 19.5 Å². The summed E-state index contributed by atoms with van der Waals surface area (Å²) in [6.45, 7) is 6.08. The summed E-state index contributed by atoms with van der Waals surface area (Å²) >= 11 is 3.32. The summed E-state index contributed by atoms with van der Waals surface area (Å²) in [5.41, 5.74) is -0.523. The number of aromatic nitrogens is 1. The Labute approximate surface area is 178 Å². The molecule has 1 fully saturated rings. The number of esters is 1. The molecule has 1 N–H and O–H groups in total. The highest BCUT2D eigenvalue weighted by molar-refractivity contribution is 9.10. The molecule has 0 spiro atoms. The van der Waals surface area contributed by atoms with Crippen LogP contribution in [0.25, 0.3) is 0 Å². The highest BCUT2D eigenvalue weighted by Gasteiger charge is 2.45. The predicted molar refractivity (Wildman–Crippen MR) is 108 cm³/mol. The van der Waals surface area contributed by atoms with E-state index < -0.39 is 29.3 Å². The highest BCUT2D eigenvalue weighted by atomic mass is 79.9. The average Bonchev–Trinajstić information content (AvgIpc) is 3.07. The first-order valence-electron chi connectivity index (χ1n) is 9.36. The van der Waals surface area contributed by atoms with Crippen molar-refractivity contribution >= 4 is 33.8 Å². The standard InChI is InChI=1S/C20H27BrN2O6/c1-20(2,3)15(7-17(24)28-4)18(25)23-10-12(5-16(23)19(26)27)11-29-14-6-13(21)8-22-9-14/h6,8-9,12,15-16H,5,7,10-11H2,1-4H3,(H,26,27)/t12-,15-,16+/m1/s1. The van der Waals surface area contributed by atoms with Gasteiger partial charge >= 0.3 is 11.9 Å². The lowest BCUT2D eigenvalue weighted by Gasteiger charge is -2.33. The van der Waals surface area contributed by atoms with E-state index in [4.69, 9.17) is 9.47 Å². The number of hydrogen-bond donors (Lipinski definition) is 1. The van der Waals surface area contributed by atoms with Crippen LogP contribution in [0.5, 0.6) is 5.75 Å². The molecule has 0 aliphatic carbocycles. The molecule has 0 bridgehead atoms. The topological polar surface area (TPSA) is 106 Å². The minimum atomic E-state index is -1.06. The lowest BCUT2D eigenvalue weighted by molar-refractivity contribution is -0.154. The summed E-state index contributed by atoms with van der Waals surface area (Å²) in [7, 11) is 1.27. The molecule has 8 nitrogen and oxygen atoms in total. The number of carboxylic acid groups (broad SMARTS) is 1. The molecule has 0 aromatic carbocycles. The Balaban J connectivity index is 2.13. The number of likely N-dealkylation sites (tertiary alicyclic amines) is 1. The van der Waals surface area contributed by atoms with Crippen molar-refractivity contribution in [2.24, 2.45) is 17.3 Å².